The molecule has 0 amide bonds. The van der Waals surface area contributed by atoms with Gasteiger partial charge >= 0.3 is 0 Å². The van der Waals surface area contributed by atoms with Crippen molar-refractivity contribution in [1.29, 1.82) is 0 Å². The summed E-state index contributed by atoms with van der Waals surface area (Å²) in [5.41, 5.74) is 1.00. The molecule has 0 bridgehead atoms. The van der Waals surface area contributed by atoms with Crippen LogP contribution in [0.25, 0.3) is 0 Å². The lowest BCUT2D eigenvalue weighted by atomic mass is 10.0. The zero-order valence-electron chi connectivity index (χ0n) is 8.48. The number of hydrogen-bond donors (Lipinski definition) is 1. The molecule has 1 N–H and O–H groups in total. The van der Waals surface area contributed by atoms with Gasteiger partial charge in [-0.25, -0.2) is 4.39 Å². The molecule has 1 unspecified atom stereocenters. The van der Waals surface area contributed by atoms with Crippen molar-refractivity contribution in [3.63, 3.8) is 0 Å². The van der Waals surface area contributed by atoms with Crippen molar-refractivity contribution in [3.8, 4) is 0 Å². The third kappa shape index (κ3) is 3.07. The lowest BCUT2D eigenvalue weighted by Gasteiger charge is -2.15. The average molecular weight is 260 g/mol. The minimum absolute atomic E-state index is 0.189. The predicted octanol–water partition coefficient (Wildman–Crippen LogP) is 3.65. The fraction of sp³-hybridized carbons (Fsp3) is 0.455. The second kappa shape index (κ2) is 5.47. The summed E-state index contributed by atoms with van der Waals surface area (Å²) in [5.74, 6) is -0.189. The molecule has 14 heavy (non-hydrogen) atoms. The van der Waals surface area contributed by atoms with Gasteiger partial charge in [-0.05, 0) is 37.2 Å². The van der Waals surface area contributed by atoms with E-state index in [1.54, 1.807) is 6.07 Å². The Hall–Kier alpha value is -0.410. The molecule has 0 heterocycles. The van der Waals surface area contributed by atoms with Crippen LogP contribution in [0.1, 0.15) is 31.4 Å². The summed E-state index contributed by atoms with van der Waals surface area (Å²) in [5, 5.41) is 3.19. The van der Waals surface area contributed by atoms with Crippen LogP contribution >= 0.6 is 15.9 Å². The van der Waals surface area contributed by atoms with Gasteiger partial charge in [-0.15, -0.1) is 0 Å². The highest BCUT2D eigenvalue weighted by atomic mass is 79.9. The highest BCUT2D eigenvalue weighted by Crippen LogP contribution is 2.23. The van der Waals surface area contributed by atoms with E-state index in [4.69, 9.17) is 0 Å². The third-order valence-corrected chi connectivity index (χ3v) is 2.67. The first-order chi connectivity index (χ1) is 6.67. The van der Waals surface area contributed by atoms with Gasteiger partial charge in [0.25, 0.3) is 0 Å². The van der Waals surface area contributed by atoms with E-state index in [1.165, 1.54) is 6.07 Å². The smallest absolute Gasteiger partial charge is 0.124 e. The van der Waals surface area contributed by atoms with Gasteiger partial charge in [-0.1, -0.05) is 29.3 Å². The first-order valence-corrected chi connectivity index (χ1v) is 5.60. The maximum absolute atomic E-state index is 13.1. The largest absolute Gasteiger partial charge is 0.313 e. The standard InChI is InChI=1S/C11H15BrFN/c1-3-4-11(14-2)8-5-9(12)7-10(13)6-8/h5-7,11,14H,3-4H2,1-2H3. The SMILES string of the molecule is CCCC(NC)c1cc(F)cc(Br)c1. The molecule has 1 rings (SSSR count). The van der Waals surface area contributed by atoms with Crippen LogP contribution in [0.2, 0.25) is 0 Å². The zero-order chi connectivity index (χ0) is 10.6. The molecule has 0 fully saturated rings. The number of halogens is 2. The van der Waals surface area contributed by atoms with E-state index in [0.717, 1.165) is 22.9 Å². The van der Waals surface area contributed by atoms with Gasteiger partial charge in [0.1, 0.15) is 5.82 Å². The molecule has 0 aliphatic heterocycles. The Morgan fingerprint density at radius 2 is 2.14 bits per heavy atom. The van der Waals surface area contributed by atoms with Gasteiger partial charge in [0.05, 0.1) is 0 Å². The van der Waals surface area contributed by atoms with Crippen LogP contribution in [0.15, 0.2) is 22.7 Å². The van der Waals surface area contributed by atoms with Crippen molar-refractivity contribution in [3.05, 3.63) is 34.1 Å². The lowest BCUT2D eigenvalue weighted by molar-refractivity contribution is 0.535. The summed E-state index contributed by atoms with van der Waals surface area (Å²) in [4.78, 5) is 0. The summed E-state index contributed by atoms with van der Waals surface area (Å²) in [6, 6.07) is 5.26. The van der Waals surface area contributed by atoms with Crippen LogP contribution in [0.3, 0.4) is 0 Å². The molecular weight excluding hydrogens is 245 g/mol. The topological polar surface area (TPSA) is 12.0 Å². The van der Waals surface area contributed by atoms with Gasteiger partial charge in [-0.2, -0.15) is 0 Å². The molecule has 1 nitrogen and oxygen atoms in total. The minimum Gasteiger partial charge on any atom is -0.313 e. The van der Waals surface area contributed by atoms with Crippen molar-refractivity contribution in [1.82, 2.24) is 5.32 Å². The molecule has 0 aromatic heterocycles. The van der Waals surface area contributed by atoms with Crippen molar-refractivity contribution in [2.45, 2.75) is 25.8 Å². The fourth-order valence-electron chi connectivity index (χ4n) is 1.54. The number of hydrogen-bond acceptors (Lipinski definition) is 1. The summed E-state index contributed by atoms with van der Waals surface area (Å²) in [6.45, 7) is 2.12. The maximum Gasteiger partial charge on any atom is 0.124 e. The second-order valence-corrected chi connectivity index (χ2v) is 4.25. The Labute approximate surface area is 92.8 Å². The molecule has 3 heteroatoms. The lowest BCUT2D eigenvalue weighted by Crippen LogP contribution is -2.16. The van der Waals surface area contributed by atoms with E-state index >= 15 is 0 Å². The number of rotatable bonds is 4. The van der Waals surface area contributed by atoms with Crippen molar-refractivity contribution in [2.75, 3.05) is 7.05 Å². The van der Waals surface area contributed by atoms with E-state index in [2.05, 4.69) is 28.2 Å². The third-order valence-electron chi connectivity index (χ3n) is 2.21. The van der Waals surface area contributed by atoms with Gasteiger partial charge < -0.3 is 5.32 Å². The first-order valence-electron chi connectivity index (χ1n) is 4.80. The van der Waals surface area contributed by atoms with E-state index < -0.39 is 0 Å². The summed E-state index contributed by atoms with van der Waals surface area (Å²) in [7, 11) is 1.90. The zero-order valence-corrected chi connectivity index (χ0v) is 10.1. The monoisotopic (exact) mass is 259 g/mol. The Kier molecular flexibility index (Phi) is 4.55. The van der Waals surface area contributed by atoms with E-state index in [-0.39, 0.29) is 11.9 Å². The van der Waals surface area contributed by atoms with Crippen LogP contribution < -0.4 is 5.32 Å². The van der Waals surface area contributed by atoms with Gasteiger partial charge in [0, 0.05) is 10.5 Å². The molecule has 0 saturated carbocycles. The molecule has 0 aliphatic rings. The Morgan fingerprint density at radius 1 is 1.43 bits per heavy atom. The van der Waals surface area contributed by atoms with Gasteiger partial charge in [0.15, 0.2) is 0 Å². The quantitative estimate of drug-likeness (QED) is 0.871. The van der Waals surface area contributed by atoms with Gasteiger partial charge in [0.2, 0.25) is 0 Å². The molecule has 0 spiro atoms. The molecule has 1 aromatic carbocycles. The highest BCUT2D eigenvalue weighted by Gasteiger charge is 2.09. The molecule has 1 atom stereocenters. The summed E-state index contributed by atoms with van der Waals surface area (Å²) >= 11 is 3.29. The molecule has 0 saturated heterocycles. The van der Waals surface area contributed by atoms with Crippen LogP contribution in [0.5, 0.6) is 0 Å². The van der Waals surface area contributed by atoms with Crippen LogP contribution in [-0.4, -0.2) is 7.05 Å². The van der Waals surface area contributed by atoms with Crippen molar-refractivity contribution in [2.24, 2.45) is 0 Å². The van der Waals surface area contributed by atoms with E-state index in [1.807, 2.05) is 13.1 Å². The van der Waals surface area contributed by atoms with Crippen LogP contribution in [-0.2, 0) is 0 Å². The predicted molar refractivity (Wildman–Crippen MR) is 60.8 cm³/mol. The first kappa shape index (κ1) is 11.7. The van der Waals surface area contributed by atoms with Crippen molar-refractivity contribution >= 4 is 15.9 Å². The number of nitrogens with one attached hydrogen (secondary N) is 1. The molecule has 1 aromatic rings. The second-order valence-electron chi connectivity index (χ2n) is 3.33. The molecular formula is C11H15BrFN. The molecule has 0 aliphatic carbocycles. The number of benzene rings is 1. The van der Waals surface area contributed by atoms with E-state index in [0.29, 0.717) is 0 Å². The Morgan fingerprint density at radius 3 is 2.64 bits per heavy atom. The van der Waals surface area contributed by atoms with Crippen molar-refractivity contribution < 1.29 is 4.39 Å². The normalized spacial score (nSPS) is 12.9. The molecule has 78 valence electrons. The summed E-state index contributed by atoms with van der Waals surface area (Å²) in [6.07, 6.45) is 2.10. The van der Waals surface area contributed by atoms with Crippen LogP contribution in [0, 0.1) is 5.82 Å². The fourth-order valence-corrected chi connectivity index (χ4v) is 2.03. The van der Waals surface area contributed by atoms with E-state index in [9.17, 15) is 4.39 Å². The van der Waals surface area contributed by atoms with Gasteiger partial charge in [-0.3, -0.25) is 0 Å². The Balaban J connectivity index is 2.91. The van der Waals surface area contributed by atoms with Crippen LogP contribution in [0.4, 0.5) is 4.39 Å². The average Bonchev–Trinajstić information content (AvgIpc) is 2.12. The Bertz CT molecular complexity index is 281. The summed E-state index contributed by atoms with van der Waals surface area (Å²) < 4.78 is 13.9. The maximum atomic E-state index is 13.1. The highest BCUT2D eigenvalue weighted by molar-refractivity contribution is 9.10. The minimum atomic E-state index is -0.189. The molecule has 0 radical (unpaired) electrons.